The van der Waals surface area contributed by atoms with Crippen LogP contribution >= 0.6 is 15.6 Å². The summed E-state index contributed by atoms with van der Waals surface area (Å²) >= 11 is 0. The standard InChI is InChI=1S/C105H173N7O36P2/c1-58(2)31-21-32-59(3)33-22-34-60(4)35-23-36-61(5)37-24-38-62(6)39-25-40-63(7)41-26-42-64(8)43-27-44-65(9)45-28-46-66(10)47-29-48-67(11)49-30-50-68(12)51-52-135-149(131,132)148-150(133,134)147-105-88(112-76(20)124)99(82(69(13)136-105)106-70(14)118)146-104-87(111-75(19)123)94(130)98(81(57-117)141-104)145-103-86(110-74(18)122)93(129)97(80(56-116)140-103)144-102-85(109-73(17)121)92(128)96(79(55-115)139-102)143-101-84(108-72(16)120)91(127)95(78(54-114)138-101)142-100-83(107-71(15)119)90(126)89(125)77(53-113)137-100/h31,33,35,37,39,41,43,45,47,49,51,69,77-105,113-117,125-130H,21-30,32,34,36,38,40,42,44,46,48,50,52-57H2,1-20H3,(H,106,118)(H,107,119)(H,108,120)(H,109,121)(H,110,122)(H,111,123)(H,112,124)(H,131,132)(H,133,134). The number of carbonyl (C=O) groups is 7. The van der Waals surface area contributed by atoms with Crippen LogP contribution in [0.1, 0.15) is 267 Å². The molecule has 0 aromatic rings. The lowest BCUT2D eigenvalue weighted by molar-refractivity contribution is -0.369. The van der Waals surface area contributed by atoms with E-state index in [9.17, 15) is 109 Å². The molecule has 6 rings (SSSR count). The van der Waals surface area contributed by atoms with Crippen molar-refractivity contribution in [3.8, 4) is 0 Å². The van der Waals surface area contributed by atoms with Gasteiger partial charge < -0.3 is 155 Å². The van der Waals surface area contributed by atoms with Gasteiger partial charge in [-0.15, -0.1) is 0 Å². The lowest BCUT2D eigenvalue weighted by atomic mass is 9.92. The van der Waals surface area contributed by atoms with Crippen LogP contribution in [-0.4, -0.2) is 331 Å². The number of rotatable bonds is 59. The van der Waals surface area contributed by atoms with E-state index in [1.54, 1.807) is 6.92 Å². The second-order valence-corrected chi connectivity index (χ2v) is 43.5. The Kier molecular flexibility index (Phi) is 57.6. The summed E-state index contributed by atoms with van der Waals surface area (Å²) in [5.41, 5.74) is 14.8. The van der Waals surface area contributed by atoms with E-state index in [0.29, 0.717) is 12.8 Å². The summed E-state index contributed by atoms with van der Waals surface area (Å²) in [6.07, 6.45) is 1.37. The van der Waals surface area contributed by atoms with Crippen LogP contribution in [0.2, 0.25) is 0 Å². The van der Waals surface area contributed by atoms with Crippen molar-refractivity contribution in [3.63, 3.8) is 0 Å². The Morgan fingerprint density at radius 2 is 0.473 bits per heavy atom. The normalized spacial score (nSPS) is 32.2. The quantitative estimate of drug-likeness (QED) is 0.0208. The minimum absolute atomic E-state index is 0.522. The highest BCUT2D eigenvalue weighted by atomic mass is 31.3. The number of phosphoric ester groups is 2. The van der Waals surface area contributed by atoms with Crippen molar-refractivity contribution in [1.82, 2.24) is 37.2 Å². The number of hydrogen-bond donors (Lipinski definition) is 20. The third kappa shape index (κ3) is 44.5. The molecule has 854 valence electrons. The maximum absolute atomic E-state index is 14.0. The zero-order chi connectivity index (χ0) is 112. The number of nitrogens with one attached hydrogen (secondary N) is 7. The molecule has 0 radical (unpaired) electrons. The molecule has 150 heavy (non-hydrogen) atoms. The molecule has 0 aromatic heterocycles. The van der Waals surface area contributed by atoms with Crippen LogP contribution in [0, 0.1) is 0 Å². The van der Waals surface area contributed by atoms with E-state index in [0.717, 1.165) is 170 Å². The molecule has 0 bridgehead atoms. The Bertz CT molecular complexity index is 4750. The van der Waals surface area contributed by atoms with Gasteiger partial charge in [0.05, 0.1) is 51.8 Å². The number of allylic oxidation sites excluding steroid dienone is 21. The van der Waals surface area contributed by atoms with E-state index in [-0.39, 0.29) is 0 Å². The molecule has 0 aliphatic carbocycles. The van der Waals surface area contributed by atoms with Gasteiger partial charge in [0.15, 0.2) is 37.7 Å². The number of aliphatic hydroxyl groups excluding tert-OH is 11. The molecular weight excluding hydrogens is 2000 g/mol. The molecule has 6 heterocycles. The first-order valence-electron chi connectivity index (χ1n) is 51.9. The van der Waals surface area contributed by atoms with Crippen LogP contribution in [0.25, 0.3) is 0 Å². The molecule has 43 nitrogen and oxygen atoms in total. The SMILES string of the molecule is CC(=O)NC1C(OC2C(CO)OC(OC3C(CO)OC(OC4C(CO)OC(OC5C(CO)OC(OC6C(NC(C)=O)C(C)OC(OP(=O)(O)OP(=O)(O)OCC=C(C)CCC=C(C)CCC=C(C)CCC=C(C)CCC=C(C)CCC=C(C)CCC=C(C)CCC=C(C)CCC=C(C)CCC=C(C)CCC=C(C)C)C6NC(C)=O)C(NC(C)=O)C5O)C(NC(C)=O)C4O)C(NC(C)=O)C3O)C(NC(C)=O)C2O)OC(CO)C(O)C1O. The number of phosphoric acid groups is 2. The van der Waals surface area contributed by atoms with E-state index in [1.807, 2.05) is 6.92 Å². The molecule has 6 aliphatic heterocycles. The van der Waals surface area contributed by atoms with E-state index in [4.69, 9.17) is 65.5 Å². The van der Waals surface area contributed by atoms with Gasteiger partial charge in [0.25, 0.3) is 0 Å². The molecule has 6 saturated heterocycles. The van der Waals surface area contributed by atoms with Crippen molar-refractivity contribution in [2.45, 2.75) is 451 Å². The van der Waals surface area contributed by atoms with Crippen molar-refractivity contribution in [2.75, 3.05) is 39.6 Å². The lowest BCUT2D eigenvalue weighted by Crippen LogP contribution is -2.73. The molecular formula is C105H173N7O36P2. The van der Waals surface area contributed by atoms with Crippen LogP contribution in [0.3, 0.4) is 0 Å². The number of carbonyl (C=O) groups excluding carboxylic acids is 7. The number of hydrogen-bond acceptors (Lipinski definition) is 34. The Hall–Kier alpha value is -7.19. The van der Waals surface area contributed by atoms with E-state index < -0.39 is 280 Å². The molecule has 7 amide bonds. The number of ether oxygens (including phenoxy) is 11. The van der Waals surface area contributed by atoms with Gasteiger partial charge in [-0.1, -0.05) is 128 Å². The number of aliphatic hydroxyl groups is 11. The van der Waals surface area contributed by atoms with Gasteiger partial charge >= 0.3 is 15.6 Å². The van der Waals surface area contributed by atoms with Gasteiger partial charge in [0.2, 0.25) is 41.4 Å². The molecule has 0 saturated carbocycles. The molecule has 45 heteroatoms. The summed E-state index contributed by atoms with van der Waals surface area (Å²) in [5, 5.41) is 142. The summed E-state index contributed by atoms with van der Waals surface area (Å²) in [6.45, 7) is 28.6. The van der Waals surface area contributed by atoms with E-state index >= 15 is 0 Å². The predicted molar refractivity (Wildman–Crippen MR) is 554 cm³/mol. The first-order chi connectivity index (χ1) is 70.7. The van der Waals surface area contributed by atoms with E-state index in [2.05, 4.69) is 167 Å². The average Bonchev–Trinajstić information content (AvgIpc) is 0.759. The average molecular weight is 2170 g/mol. The molecule has 0 aromatic carbocycles. The molecule has 6 aliphatic rings. The summed E-state index contributed by atoms with van der Waals surface area (Å²) < 4.78 is 110. The van der Waals surface area contributed by atoms with Gasteiger partial charge in [-0.3, -0.25) is 42.6 Å². The summed E-state index contributed by atoms with van der Waals surface area (Å²) in [7, 11) is -11.4. The second-order valence-electron chi connectivity index (χ2n) is 40.5. The zero-order valence-electron chi connectivity index (χ0n) is 90.7. The summed E-state index contributed by atoms with van der Waals surface area (Å²) in [6, 6.07) is -12.3. The largest absolute Gasteiger partial charge is 0.483 e. The minimum Gasteiger partial charge on any atom is -0.394 e. The van der Waals surface area contributed by atoms with Crippen molar-refractivity contribution in [1.29, 1.82) is 0 Å². The molecule has 32 atom stereocenters. The second kappa shape index (κ2) is 65.7. The fourth-order valence-electron chi connectivity index (χ4n) is 18.5. The molecule has 0 spiro atoms. The van der Waals surface area contributed by atoms with E-state index in [1.165, 1.54) is 68.7 Å². The first kappa shape index (κ1) is 131. The van der Waals surface area contributed by atoms with Crippen LogP contribution in [-0.2, 0) is 108 Å². The fourth-order valence-corrected chi connectivity index (χ4v) is 20.6. The number of amides is 7. The maximum Gasteiger partial charge on any atom is 0.483 e. The first-order valence-corrected chi connectivity index (χ1v) is 54.8. The monoisotopic (exact) mass is 2170 g/mol. The van der Waals surface area contributed by atoms with Crippen LogP contribution in [0.15, 0.2) is 128 Å². The van der Waals surface area contributed by atoms with Crippen LogP contribution in [0.5, 0.6) is 0 Å². The summed E-state index contributed by atoms with van der Waals surface area (Å²) in [5.74, 6) is -5.92. The molecule has 20 N–H and O–H groups in total. The van der Waals surface area contributed by atoms with Gasteiger partial charge in [-0.25, -0.2) is 9.13 Å². The highest BCUT2D eigenvalue weighted by molar-refractivity contribution is 7.61. The third-order valence-electron chi connectivity index (χ3n) is 26.7. The molecule has 6 fully saturated rings. The van der Waals surface area contributed by atoms with Gasteiger partial charge in [-0.2, -0.15) is 4.31 Å². The fraction of sp³-hybridized carbons (Fsp3) is 0.724. The van der Waals surface area contributed by atoms with Crippen LogP contribution < -0.4 is 37.2 Å². The Morgan fingerprint density at radius 3 is 0.713 bits per heavy atom. The van der Waals surface area contributed by atoms with Gasteiger partial charge in [0.1, 0.15) is 134 Å². The molecule has 32 unspecified atom stereocenters. The van der Waals surface area contributed by atoms with Crippen molar-refractivity contribution < 1.29 is 174 Å². The predicted octanol–water partition coefficient (Wildman–Crippen LogP) is 7.42. The Balaban J connectivity index is 1.01. The van der Waals surface area contributed by atoms with Crippen molar-refractivity contribution >= 4 is 57.0 Å². The Labute approximate surface area is 882 Å². The maximum atomic E-state index is 14.0. The smallest absolute Gasteiger partial charge is 0.394 e. The van der Waals surface area contributed by atoms with Gasteiger partial charge in [0, 0.05) is 48.5 Å². The van der Waals surface area contributed by atoms with Gasteiger partial charge in [-0.05, 0) is 218 Å². The summed E-state index contributed by atoms with van der Waals surface area (Å²) in [4.78, 5) is 113. The minimum atomic E-state index is -5.87. The topological polar surface area (TPSA) is 630 Å². The third-order valence-corrected chi connectivity index (χ3v) is 29.3. The van der Waals surface area contributed by atoms with Crippen LogP contribution in [0.4, 0.5) is 0 Å². The zero-order valence-corrected chi connectivity index (χ0v) is 92.4. The van der Waals surface area contributed by atoms with Crippen molar-refractivity contribution in [3.05, 3.63) is 128 Å². The highest BCUT2D eigenvalue weighted by Crippen LogP contribution is 2.61. The lowest BCUT2D eigenvalue weighted by Gasteiger charge is -2.52. The Morgan fingerprint density at radius 1 is 0.260 bits per heavy atom. The highest BCUT2D eigenvalue weighted by Gasteiger charge is 2.60. The van der Waals surface area contributed by atoms with Crippen molar-refractivity contribution in [2.24, 2.45) is 0 Å².